The fourth-order valence-corrected chi connectivity index (χ4v) is 3.61. The second kappa shape index (κ2) is 12.2. The zero-order chi connectivity index (χ0) is 21.1. The zero-order valence-corrected chi connectivity index (χ0v) is 17.5. The van der Waals surface area contributed by atoms with E-state index in [0.717, 1.165) is 31.2 Å². The molecule has 1 saturated carbocycles. The first kappa shape index (κ1) is 22.9. The van der Waals surface area contributed by atoms with Crippen LogP contribution in [0.1, 0.15) is 57.9 Å². The summed E-state index contributed by atoms with van der Waals surface area (Å²) in [5.41, 5.74) is 1.01. The molecule has 1 aliphatic rings. The lowest BCUT2D eigenvalue weighted by molar-refractivity contribution is -0.132. The molecule has 2 N–H and O–H groups in total. The van der Waals surface area contributed by atoms with E-state index in [9.17, 15) is 14.9 Å². The van der Waals surface area contributed by atoms with E-state index < -0.39 is 12.1 Å². The van der Waals surface area contributed by atoms with E-state index in [1.807, 2.05) is 44.2 Å². The first-order valence-electron chi connectivity index (χ1n) is 10.6. The second-order valence-corrected chi connectivity index (χ2v) is 8.22. The van der Waals surface area contributed by atoms with Crippen LogP contribution < -0.4 is 10.6 Å². The van der Waals surface area contributed by atoms with Crippen LogP contribution in [0.15, 0.2) is 30.3 Å². The third kappa shape index (κ3) is 8.25. The van der Waals surface area contributed by atoms with Crippen molar-refractivity contribution in [1.29, 1.82) is 5.26 Å². The number of ether oxygens (including phenoxy) is 1. The summed E-state index contributed by atoms with van der Waals surface area (Å²) in [5.74, 6) is -0.128. The summed E-state index contributed by atoms with van der Waals surface area (Å²) in [6.45, 7) is 4.50. The van der Waals surface area contributed by atoms with Crippen molar-refractivity contribution in [2.45, 2.75) is 71.1 Å². The van der Waals surface area contributed by atoms with E-state index in [1.54, 1.807) is 0 Å². The number of carbonyl (C=O) groups excluding carboxylic acids is 2. The molecule has 1 aromatic carbocycles. The summed E-state index contributed by atoms with van der Waals surface area (Å²) in [7, 11) is 0. The molecule has 0 saturated heterocycles. The molecule has 0 bridgehead atoms. The highest BCUT2D eigenvalue weighted by atomic mass is 16.5. The average molecular weight is 400 g/mol. The van der Waals surface area contributed by atoms with E-state index in [1.165, 1.54) is 6.42 Å². The van der Waals surface area contributed by atoms with Crippen molar-refractivity contribution in [3.8, 4) is 6.07 Å². The smallest absolute Gasteiger partial charge is 0.243 e. The molecular weight excluding hydrogens is 366 g/mol. The Bertz CT molecular complexity index is 678. The average Bonchev–Trinajstić information content (AvgIpc) is 2.73. The molecule has 1 aliphatic carbocycles. The Labute approximate surface area is 174 Å². The molecular formula is C23H33N3O3. The minimum Gasteiger partial charge on any atom is -0.374 e. The van der Waals surface area contributed by atoms with Gasteiger partial charge in [-0.25, -0.2) is 0 Å². The van der Waals surface area contributed by atoms with Gasteiger partial charge in [0.05, 0.1) is 19.3 Å². The molecule has 1 aromatic rings. The van der Waals surface area contributed by atoms with E-state index in [2.05, 4.69) is 16.7 Å². The van der Waals surface area contributed by atoms with Gasteiger partial charge in [-0.1, -0.05) is 63.4 Å². The lowest BCUT2D eigenvalue weighted by Crippen LogP contribution is -2.52. The Morgan fingerprint density at radius 3 is 2.45 bits per heavy atom. The van der Waals surface area contributed by atoms with Gasteiger partial charge in [-0.3, -0.25) is 9.59 Å². The lowest BCUT2D eigenvalue weighted by Gasteiger charge is -2.26. The van der Waals surface area contributed by atoms with Crippen molar-refractivity contribution in [2.24, 2.45) is 11.8 Å². The molecule has 0 aromatic heterocycles. The SMILES string of the molecule is CC(C)C[C@H](NC(=O)C1CCCCC1)C(=O)N[C@H](C#N)COCc1ccccc1. The predicted octanol–water partition coefficient (Wildman–Crippen LogP) is 3.32. The highest BCUT2D eigenvalue weighted by Gasteiger charge is 2.28. The van der Waals surface area contributed by atoms with E-state index in [0.29, 0.717) is 13.0 Å². The van der Waals surface area contributed by atoms with Crippen LogP contribution in [-0.4, -0.2) is 30.5 Å². The van der Waals surface area contributed by atoms with Gasteiger partial charge in [-0.05, 0) is 30.7 Å². The van der Waals surface area contributed by atoms with E-state index in [-0.39, 0.29) is 30.3 Å². The van der Waals surface area contributed by atoms with Crippen LogP contribution in [0.25, 0.3) is 0 Å². The summed E-state index contributed by atoms with van der Waals surface area (Å²) in [6.07, 6.45) is 5.61. The maximum Gasteiger partial charge on any atom is 0.243 e. The molecule has 0 unspecified atom stereocenters. The van der Waals surface area contributed by atoms with Crippen molar-refractivity contribution in [2.75, 3.05) is 6.61 Å². The van der Waals surface area contributed by atoms with E-state index in [4.69, 9.17) is 4.74 Å². The Kier molecular flexibility index (Phi) is 9.66. The van der Waals surface area contributed by atoms with Crippen LogP contribution in [0.5, 0.6) is 0 Å². The summed E-state index contributed by atoms with van der Waals surface area (Å²) in [4.78, 5) is 25.4. The number of hydrogen-bond donors (Lipinski definition) is 2. The van der Waals surface area contributed by atoms with Gasteiger partial charge >= 0.3 is 0 Å². The van der Waals surface area contributed by atoms with Gasteiger partial charge in [-0.15, -0.1) is 0 Å². The summed E-state index contributed by atoms with van der Waals surface area (Å²) in [5, 5.41) is 15.0. The number of hydrogen-bond acceptors (Lipinski definition) is 4. The molecule has 1 fully saturated rings. The van der Waals surface area contributed by atoms with Crippen LogP contribution in [0.4, 0.5) is 0 Å². The van der Waals surface area contributed by atoms with Gasteiger partial charge in [0.25, 0.3) is 0 Å². The van der Waals surface area contributed by atoms with Gasteiger partial charge in [0, 0.05) is 5.92 Å². The standard InChI is InChI=1S/C23H33N3O3/c1-17(2)13-21(26-22(27)19-11-7-4-8-12-19)23(28)25-20(14-24)16-29-15-18-9-5-3-6-10-18/h3,5-6,9-10,17,19-21H,4,7-8,11-13,15-16H2,1-2H3,(H,25,28)(H,26,27)/t20-,21+/m1/s1. The molecule has 0 spiro atoms. The van der Waals surface area contributed by atoms with Gasteiger partial charge in [0.1, 0.15) is 12.1 Å². The van der Waals surface area contributed by atoms with Crippen LogP contribution in [-0.2, 0) is 20.9 Å². The topological polar surface area (TPSA) is 91.2 Å². The van der Waals surface area contributed by atoms with Crippen molar-refractivity contribution >= 4 is 11.8 Å². The fraction of sp³-hybridized carbons (Fsp3) is 0.609. The molecule has 0 heterocycles. The first-order valence-corrected chi connectivity index (χ1v) is 10.6. The first-order chi connectivity index (χ1) is 14.0. The quantitative estimate of drug-likeness (QED) is 0.631. The number of nitriles is 1. The fourth-order valence-electron chi connectivity index (χ4n) is 3.61. The van der Waals surface area contributed by atoms with E-state index >= 15 is 0 Å². The Hall–Kier alpha value is -2.39. The third-order valence-electron chi connectivity index (χ3n) is 5.18. The number of amides is 2. The summed E-state index contributed by atoms with van der Waals surface area (Å²) < 4.78 is 5.59. The molecule has 0 aliphatic heterocycles. The maximum absolute atomic E-state index is 12.8. The third-order valence-corrected chi connectivity index (χ3v) is 5.18. The largest absolute Gasteiger partial charge is 0.374 e. The number of nitrogens with one attached hydrogen (secondary N) is 2. The minimum absolute atomic E-state index is 0.00724. The van der Waals surface area contributed by atoms with Gasteiger partial charge in [0.2, 0.25) is 11.8 Å². The van der Waals surface area contributed by atoms with Crippen LogP contribution in [0.2, 0.25) is 0 Å². The normalized spacial score (nSPS) is 16.6. The van der Waals surface area contributed by atoms with Crippen molar-refractivity contribution in [3.05, 3.63) is 35.9 Å². The Morgan fingerprint density at radius 2 is 1.83 bits per heavy atom. The molecule has 6 heteroatoms. The summed E-state index contributed by atoms with van der Waals surface area (Å²) >= 11 is 0. The van der Waals surface area contributed by atoms with Gasteiger partial charge < -0.3 is 15.4 Å². The number of benzene rings is 1. The highest BCUT2D eigenvalue weighted by molar-refractivity contribution is 5.88. The van der Waals surface area contributed by atoms with Crippen LogP contribution >= 0.6 is 0 Å². The molecule has 29 heavy (non-hydrogen) atoms. The Morgan fingerprint density at radius 1 is 1.14 bits per heavy atom. The monoisotopic (exact) mass is 399 g/mol. The van der Waals surface area contributed by atoms with Crippen molar-refractivity contribution in [3.63, 3.8) is 0 Å². The van der Waals surface area contributed by atoms with Crippen LogP contribution in [0.3, 0.4) is 0 Å². The minimum atomic E-state index is -0.757. The van der Waals surface area contributed by atoms with Gasteiger partial charge in [-0.2, -0.15) is 5.26 Å². The van der Waals surface area contributed by atoms with Crippen LogP contribution in [0, 0.1) is 23.2 Å². The molecule has 0 radical (unpaired) electrons. The lowest BCUT2D eigenvalue weighted by atomic mass is 9.88. The molecule has 158 valence electrons. The number of nitrogens with zero attached hydrogens (tertiary/aromatic N) is 1. The second-order valence-electron chi connectivity index (χ2n) is 8.22. The number of carbonyl (C=O) groups is 2. The highest BCUT2D eigenvalue weighted by Crippen LogP contribution is 2.24. The Balaban J connectivity index is 1.87. The molecule has 2 atom stereocenters. The predicted molar refractivity (Wildman–Crippen MR) is 112 cm³/mol. The zero-order valence-electron chi connectivity index (χ0n) is 17.5. The van der Waals surface area contributed by atoms with Crippen molar-refractivity contribution < 1.29 is 14.3 Å². The maximum atomic E-state index is 12.8. The van der Waals surface area contributed by atoms with Crippen molar-refractivity contribution in [1.82, 2.24) is 10.6 Å². The summed E-state index contributed by atoms with van der Waals surface area (Å²) in [6, 6.07) is 10.4. The molecule has 6 nitrogen and oxygen atoms in total. The van der Waals surface area contributed by atoms with Gasteiger partial charge in [0.15, 0.2) is 0 Å². The molecule has 2 rings (SSSR count). The number of rotatable bonds is 10. The molecule has 2 amide bonds.